The number of rotatable bonds is 13. The molecule has 4 N–H and O–H groups in total. The topological polar surface area (TPSA) is 137 Å². The number of nitrogens with zero attached hydrogens (tertiary/aromatic N) is 1. The highest BCUT2D eigenvalue weighted by Crippen LogP contribution is 2.28. The number of ether oxygens (including phenoxy) is 1. The number of carbonyl (C=O) groups is 4. The minimum Gasteiger partial charge on any atom is -0.494 e. The summed E-state index contributed by atoms with van der Waals surface area (Å²) in [7, 11) is 0. The molecule has 1 unspecified atom stereocenters. The van der Waals surface area contributed by atoms with Gasteiger partial charge in [0.2, 0.25) is 11.8 Å². The Kier molecular flexibility index (Phi) is 11.2. The minimum atomic E-state index is -1.06. The second-order valence-electron chi connectivity index (χ2n) is 8.45. The molecule has 0 heterocycles. The van der Waals surface area contributed by atoms with Crippen LogP contribution in [0.25, 0.3) is 0 Å². The van der Waals surface area contributed by atoms with Crippen molar-refractivity contribution in [2.45, 2.75) is 71.4 Å². The van der Waals surface area contributed by atoms with E-state index >= 15 is 0 Å². The van der Waals surface area contributed by atoms with E-state index in [0.29, 0.717) is 30.2 Å². The van der Waals surface area contributed by atoms with Gasteiger partial charge in [-0.1, -0.05) is 25.7 Å². The van der Waals surface area contributed by atoms with Gasteiger partial charge in [-0.25, -0.2) is 0 Å². The van der Waals surface area contributed by atoms with Crippen molar-refractivity contribution in [2.75, 3.05) is 18.5 Å². The third kappa shape index (κ3) is 9.68. The number of hydrazine groups is 1. The van der Waals surface area contributed by atoms with Crippen molar-refractivity contribution in [3.63, 3.8) is 0 Å². The number of carbonyl (C=O) groups excluding carboxylic acids is 3. The summed E-state index contributed by atoms with van der Waals surface area (Å²) >= 11 is 0. The van der Waals surface area contributed by atoms with Gasteiger partial charge in [0.1, 0.15) is 5.75 Å². The maximum atomic E-state index is 13.1. The van der Waals surface area contributed by atoms with Crippen LogP contribution in [0.1, 0.15) is 65.2 Å². The zero-order valence-electron chi connectivity index (χ0n) is 20.0. The summed E-state index contributed by atoms with van der Waals surface area (Å²) in [6.07, 6.45) is 5.20. The minimum absolute atomic E-state index is 0.0338. The number of carboxylic acid groups (broad SMARTS) is 1. The Morgan fingerprint density at radius 2 is 1.79 bits per heavy atom. The van der Waals surface area contributed by atoms with Crippen LogP contribution in [0, 0.1) is 5.92 Å². The fourth-order valence-electron chi connectivity index (χ4n) is 3.89. The zero-order chi connectivity index (χ0) is 24.9. The zero-order valence-corrected chi connectivity index (χ0v) is 20.0. The van der Waals surface area contributed by atoms with Crippen molar-refractivity contribution in [1.82, 2.24) is 15.8 Å². The van der Waals surface area contributed by atoms with E-state index in [1.165, 1.54) is 19.8 Å². The summed E-state index contributed by atoms with van der Waals surface area (Å²) in [5.41, 5.74) is 3.06. The molecule has 0 aromatic heterocycles. The van der Waals surface area contributed by atoms with Crippen LogP contribution < -0.4 is 20.8 Å². The van der Waals surface area contributed by atoms with Crippen LogP contribution in [0.2, 0.25) is 0 Å². The van der Waals surface area contributed by atoms with Gasteiger partial charge in [-0.15, -0.1) is 0 Å². The van der Waals surface area contributed by atoms with Crippen LogP contribution >= 0.6 is 0 Å². The van der Waals surface area contributed by atoms with Crippen LogP contribution in [0.4, 0.5) is 5.69 Å². The normalized spacial score (nSPS) is 14.2. The quantitative estimate of drug-likeness (QED) is 0.195. The van der Waals surface area contributed by atoms with Gasteiger partial charge >= 0.3 is 5.97 Å². The van der Waals surface area contributed by atoms with E-state index in [1.54, 1.807) is 31.2 Å². The summed E-state index contributed by atoms with van der Waals surface area (Å²) in [5.74, 6) is -0.846. The lowest BCUT2D eigenvalue weighted by atomic mass is 10.0. The SMILES string of the molecule is CCN(NC(C)=O)C(=O)C(NC(=O)CCC1CCCC1)Nc1ccc(OCCCC(=O)O)cc1. The largest absolute Gasteiger partial charge is 0.494 e. The Hall–Kier alpha value is -3.30. The standard InChI is InChI=1S/C24H36N4O6/c1-3-28(27-17(2)29)24(33)23(26-21(30)15-10-18-7-4-5-8-18)25-19-11-13-20(14-12-19)34-16-6-9-22(31)32/h11-14,18,23,25H,3-10,15-16H2,1-2H3,(H,26,30)(H,27,29)(H,31,32). The first kappa shape index (κ1) is 26.9. The molecule has 1 aromatic rings. The predicted molar refractivity (Wildman–Crippen MR) is 127 cm³/mol. The molecular formula is C24H36N4O6. The molecule has 0 aliphatic heterocycles. The second kappa shape index (κ2) is 14.1. The van der Waals surface area contributed by atoms with Gasteiger partial charge in [-0.3, -0.25) is 29.6 Å². The number of nitrogens with one attached hydrogen (secondary N) is 3. The molecular weight excluding hydrogens is 440 g/mol. The number of likely N-dealkylation sites (N-methyl/N-ethyl adjacent to an activating group) is 1. The van der Waals surface area contributed by atoms with Crippen molar-refractivity contribution in [3.8, 4) is 5.75 Å². The molecule has 10 heteroatoms. The van der Waals surface area contributed by atoms with E-state index < -0.39 is 18.0 Å². The van der Waals surface area contributed by atoms with Crippen molar-refractivity contribution in [1.29, 1.82) is 0 Å². The number of carboxylic acids is 1. The summed E-state index contributed by atoms with van der Waals surface area (Å²) in [6.45, 7) is 3.55. The van der Waals surface area contributed by atoms with Crippen LogP contribution in [0.5, 0.6) is 5.75 Å². The average Bonchev–Trinajstić information content (AvgIpc) is 3.32. The molecule has 1 fully saturated rings. The molecule has 1 aliphatic carbocycles. The first-order chi connectivity index (χ1) is 16.3. The van der Waals surface area contributed by atoms with E-state index in [0.717, 1.165) is 24.3 Å². The van der Waals surface area contributed by atoms with E-state index in [4.69, 9.17) is 9.84 Å². The first-order valence-electron chi connectivity index (χ1n) is 11.9. The Morgan fingerprint density at radius 1 is 1.12 bits per heavy atom. The van der Waals surface area contributed by atoms with Crippen LogP contribution in [0.15, 0.2) is 24.3 Å². The number of hydrogen-bond acceptors (Lipinski definition) is 6. The highest BCUT2D eigenvalue weighted by molar-refractivity contribution is 5.90. The van der Waals surface area contributed by atoms with Gasteiger partial charge in [0.15, 0.2) is 6.17 Å². The Morgan fingerprint density at radius 3 is 2.38 bits per heavy atom. The molecule has 0 saturated heterocycles. The van der Waals surface area contributed by atoms with E-state index in [9.17, 15) is 19.2 Å². The number of hydrogen-bond donors (Lipinski definition) is 4. The van der Waals surface area contributed by atoms with Gasteiger partial charge in [-0.2, -0.15) is 0 Å². The molecule has 1 atom stereocenters. The lowest BCUT2D eigenvalue weighted by molar-refractivity contribution is -0.142. The van der Waals surface area contributed by atoms with Crippen LogP contribution in [0.3, 0.4) is 0 Å². The van der Waals surface area contributed by atoms with Crippen LogP contribution in [-0.4, -0.2) is 53.1 Å². The number of anilines is 1. The van der Waals surface area contributed by atoms with Gasteiger partial charge in [-0.05, 0) is 49.9 Å². The van der Waals surface area contributed by atoms with Crippen molar-refractivity contribution in [3.05, 3.63) is 24.3 Å². The Bertz CT molecular complexity index is 823. The van der Waals surface area contributed by atoms with E-state index in [-0.39, 0.29) is 31.4 Å². The summed E-state index contributed by atoms with van der Waals surface area (Å²) < 4.78 is 5.52. The summed E-state index contributed by atoms with van der Waals surface area (Å²) in [5, 5.41) is 15.6. The molecule has 1 aromatic carbocycles. The first-order valence-corrected chi connectivity index (χ1v) is 11.9. The van der Waals surface area contributed by atoms with Gasteiger partial charge in [0, 0.05) is 32.0 Å². The fourth-order valence-corrected chi connectivity index (χ4v) is 3.89. The van der Waals surface area contributed by atoms with E-state index in [1.807, 2.05) is 0 Å². The number of benzene rings is 1. The summed E-state index contributed by atoms with van der Waals surface area (Å²) in [4.78, 5) is 47.8. The highest BCUT2D eigenvalue weighted by Gasteiger charge is 2.26. The summed E-state index contributed by atoms with van der Waals surface area (Å²) in [6, 6.07) is 6.79. The molecule has 0 spiro atoms. The predicted octanol–water partition coefficient (Wildman–Crippen LogP) is 2.65. The molecule has 3 amide bonds. The number of aliphatic carboxylic acids is 1. The lowest BCUT2D eigenvalue weighted by Crippen LogP contribution is -2.57. The average molecular weight is 477 g/mol. The van der Waals surface area contributed by atoms with Crippen LogP contribution in [-0.2, 0) is 19.2 Å². The molecule has 2 rings (SSSR count). The Balaban J connectivity index is 2.00. The lowest BCUT2D eigenvalue weighted by Gasteiger charge is -2.28. The van der Waals surface area contributed by atoms with Crippen molar-refractivity contribution in [2.24, 2.45) is 5.92 Å². The third-order valence-corrected chi connectivity index (χ3v) is 5.65. The van der Waals surface area contributed by atoms with Gasteiger partial charge in [0.05, 0.1) is 6.61 Å². The molecule has 188 valence electrons. The van der Waals surface area contributed by atoms with E-state index in [2.05, 4.69) is 16.1 Å². The van der Waals surface area contributed by atoms with Gasteiger partial charge in [0.25, 0.3) is 5.91 Å². The molecule has 0 bridgehead atoms. The van der Waals surface area contributed by atoms with Crippen molar-refractivity contribution < 1.29 is 29.0 Å². The van der Waals surface area contributed by atoms with Gasteiger partial charge < -0.3 is 20.5 Å². The Labute approximate surface area is 200 Å². The maximum Gasteiger partial charge on any atom is 0.303 e. The smallest absolute Gasteiger partial charge is 0.303 e. The highest BCUT2D eigenvalue weighted by atomic mass is 16.5. The molecule has 34 heavy (non-hydrogen) atoms. The molecule has 1 saturated carbocycles. The number of amides is 3. The fraction of sp³-hybridized carbons (Fsp3) is 0.583. The molecule has 1 aliphatic rings. The third-order valence-electron chi connectivity index (χ3n) is 5.65. The molecule has 10 nitrogen and oxygen atoms in total. The monoisotopic (exact) mass is 476 g/mol. The molecule has 0 radical (unpaired) electrons. The second-order valence-corrected chi connectivity index (χ2v) is 8.45. The maximum absolute atomic E-state index is 13.1. The van der Waals surface area contributed by atoms with Crippen molar-refractivity contribution >= 4 is 29.4 Å².